The Morgan fingerprint density at radius 1 is 1.42 bits per heavy atom. The van der Waals surface area contributed by atoms with Crippen LogP contribution in [0.3, 0.4) is 0 Å². The second-order valence-electron chi connectivity index (χ2n) is 6.18. The molecule has 0 saturated heterocycles. The summed E-state index contributed by atoms with van der Waals surface area (Å²) in [4.78, 5) is 11.3. The Bertz CT molecular complexity index is 476. The van der Waals surface area contributed by atoms with Crippen LogP contribution in [-0.4, -0.2) is 36.8 Å². The molecule has 7 nitrogen and oxygen atoms in total. The zero-order valence-electron chi connectivity index (χ0n) is 11.8. The van der Waals surface area contributed by atoms with Crippen molar-refractivity contribution < 1.29 is 9.90 Å². The molecular formula is C12H21N5O2. The van der Waals surface area contributed by atoms with Crippen LogP contribution in [-0.2, 0) is 11.3 Å². The Labute approximate surface area is 112 Å². The highest BCUT2D eigenvalue weighted by Gasteiger charge is 2.43. The van der Waals surface area contributed by atoms with Crippen LogP contribution in [0.15, 0.2) is 0 Å². The number of rotatable bonds is 6. The van der Waals surface area contributed by atoms with Crippen molar-refractivity contribution >= 4 is 5.97 Å². The van der Waals surface area contributed by atoms with E-state index in [1.807, 2.05) is 18.5 Å². The highest BCUT2D eigenvalue weighted by Crippen LogP contribution is 2.35. The van der Waals surface area contributed by atoms with E-state index in [0.29, 0.717) is 12.6 Å². The average Bonchev–Trinajstić information content (AvgIpc) is 3.05. The molecule has 0 spiro atoms. The van der Waals surface area contributed by atoms with Crippen molar-refractivity contribution in [2.75, 3.05) is 0 Å². The van der Waals surface area contributed by atoms with Gasteiger partial charge >= 0.3 is 5.97 Å². The van der Waals surface area contributed by atoms with Crippen molar-refractivity contribution in [1.82, 2.24) is 25.5 Å². The van der Waals surface area contributed by atoms with Gasteiger partial charge < -0.3 is 10.4 Å². The number of carboxylic acids is 1. The minimum Gasteiger partial charge on any atom is -0.481 e. The maximum absolute atomic E-state index is 11.3. The highest BCUT2D eigenvalue weighted by molar-refractivity contribution is 5.75. The molecule has 7 heteroatoms. The molecule has 19 heavy (non-hydrogen) atoms. The molecule has 0 radical (unpaired) electrons. The minimum absolute atomic E-state index is 0.419. The minimum atomic E-state index is -0.884. The third-order valence-electron chi connectivity index (χ3n) is 4.24. The summed E-state index contributed by atoms with van der Waals surface area (Å²) in [5, 5.41) is 24.2. The van der Waals surface area contributed by atoms with Gasteiger partial charge in [0.15, 0.2) is 5.82 Å². The summed E-state index contributed by atoms with van der Waals surface area (Å²) in [6, 6.07) is 0.419. The van der Waals surface area contributed by atoms with Gasteiger partial charge in [0.05, 0.1) is 18.0 Å². The van der Waals surface area contributed by atoms with Gasteiger partial charge in [0.25, 0.3) is 0 Å². The number of hydrogen-bond acceptors (Lipinski definition) is 5. The second-order valence-corrected chi connectivity index (χ2v) is 6.18. The Morgan fingerprint density at radius 2 is 2.05 bits per heavy atom. The Balaban J connectivity index is 2.05. The van der Waals surface area contributed by atoms with Crippen molar-refractivity contribution in [2.24, 2.45) is 5.41 Å². The number of aromatic nitrogens is 4. The van der Waals surface area contributed by atoms with Crippen LogP contribution in [0.25, 0.3) is 0 Å². The molecule has 0 atom stereocenters. The van der Waals surface area contributed by atoms with Gasteiger partial charge in [-0.25, -0.2) is 4.68 Å². The van der Waals surface area contributed by atoms with Gasteiger partial charge in [-0.15, -0.1) is 5.10 Å². The first-order chi connectivity index (χ1) is 8.75. The third kappa shape index (κ3) is 2.60. The highest BCUT2D eigenvalue weighted by atomic mass is 16.4. The van der Waals surface area contributed by atoms with E-state index in [2.05, 4.69) is 20.8 Å². The van der Waals surface area contributed by atoms with Gasteiger partial charge in [-0.2, -0.15) is 0 Å². The van der Waals surface area contributed by atoms with E-state index < -0.39 is 16.9 Å². The fraction of sp³-hybridized carbons (Fsp3) is 0.833. The molecule has 1 aromatic rings. The zero-order valence-corrected chi connectivity index (χ0v) is 11.8. The van der Waals surface area contributed by atoms with Gasteiger partial charge in [0.2, 0.25) is 0 Å². The summed E-state index contributed by atoms with van der Waals surface area (Å²) in [7, 11) is 0. The second kappa shape index (κ2) is 4.56. The topological polar surface area (TPSA) is 92.9 Å². The molecule has 106 valence electrons. The van der Waals surface area contributed by atoms with E-state index in [4.69, 9.17) is 0 Å². The molecule has 0 aliphatic heterocycles. The van der Waals surface area contributed by atoms with E-state index in [0.717, 1.165) is 18.7 Å². The number of aliphatic carboxylic acids is 1. The Hall–Kier alpha value is -1.50. The molecule has 0 bridgehead atoms. The Morgan fingerprint density at radius 3 is 2.58 bits per heavy atom. The van der Waals surface area contributed by atoms with E-state index in [1.165, 1.54) is 0 Å². The van der Waals surface area contributed by atoms with Gasteiger partial charge in [-0.05, 0) is 51.0 Å². The van der Waals surface area contributed by atoms with Crippen LogP contribution in [0.4, 0.5) is 0 Å². The number of hydrogen-bond donors (Lipinski definition) is 2. The molecule has 0 unspecified atom stereocenters. The zero-order chi connectivity index (χ0) is 14.3. The van der Waals surface area contributed by atoms with Gasteiger partial charge in [-0.1, -0.05) is 0 Å². The Kier molecular flexibility index (Phi) is 3.34. The quantitative estimate of drug-likeness (QED) is 0.798. The summed E-state index contributed by atoms with van der Waals surface area (Å²) in [6.45, 7) is 7.66. The summed E-state index contributed by atoms with van der Waals surface area (Å²) < 4.78 is 1.83. The van der Waals surface area contributed by atoms with Crippen molar-refractivity contribution in [3.05, 3.63) is 5.82 Å². The fourth-order valence-corrected chi connectivity index (χ4v) is 1.72. The monoisotopic (exact) mass is 267 g/mol. The van der Waals surface area contributed by atoms with Crippen LogP contribution >= 0.6 is 0 Å². The normalized spacial score (nSPS) is 16.6. The van der Waals surface area contributed by atoms with Crippen molar-refractivity contribution in [3.63, 3.8) is 0 Å². The van der Waals surface area contributed by atoms with E-state index in [9.17, 15) is 9.90 Å². The average molecular weight is 267 g/mol. The fourth-order valence-electron chi connectivity index (χ4n) is 1.72. The predicted octanol–water partition coefficient (Wildman–Crippen LogP) is 0.987. The number of carboxylic acid groups (broad SMARTS) is 1. The molecule has 1 aliphatic rings. The molecule has 0 amide bonds. The molecule has 1 aliphatic carbocycles. The predicted molar refractivity (Wildman–Crippen MR) is 68.4 cm³/mol. The number of nitrogens with one attached hydrogen (secondary N) is 1. The standard InChI is InChI=1S/C12H21N5O2/c1-11(2,10(18)19)12(3,4)13-7-9-14-15-16-17(9)8-5-6-8/h8,13H,5-7H2,1-4H3,(H,18,19). The molecule has 1 fully saturated rings. The van der Waals surface area contributed by atoms with Crippen LogP contribution in [0.2, 0.25) is 0 Å². The van der Waals surface area contributed by atoms with Crippen molar-refractivity contribution in [2.45, 2.75) is 58.7 Å². The first-order valence-electron chi connectivity index (χ1n) is 6.51. The molecule has 1 saturated carbocycles. The molecule has 0 aromatic carbocycles. The maximum atomic E-state index is 11.3. The third-order valence-corrected chi connectivity index (χ3v) is 4.24. The first kappa shape index (κ1) is 13.9. The number of nitrogens with zero attached hydrogens (tertiary/aromatic N) is 4. The lowest BCUT2D eigenvalue weighted by molar-refractivity contribution is -0.151. The SMILES string of the molecule is CC(C)(NCc1nnnn1C1CC1)C(C)(C)C(=O)O. The largest absolute Gasteiger partial charge is 0.481 e. The lowest BCUT2D eigenvalue weighted by Gasteiger charge is -2.38. The first-order valence-corrected chi connectivity index (χ1v) is 6.51. The van der Waals surface area contributed by atoms with Crippen LogP contribution in [0.5, 0.6) is 0 Å². The van der Waals surface area contributed by atoms with Crippen LogP contribution in [0.1, 0.15) is 52.4 Å². The van der Waals surface area contributed by atoms with E-state index >= 15 is 0 Å². The van der Waals surface area contributed by atoms with E-state index in [1.54, 1.807) is 13.8 Å². The van der Waals surface area contributed by atoms with Crippen molar-refractivity contribution in [1.29, 1.82) is 0 Å². The van der Waals surface area contributed by atoms with Crippen LogP contribution < -0.4 is 5.32 Å². The summed E-state index contributed by atoms with van der Waals surface area (Å²) in [5.41, 5.74) is -1.45. The maximum Gasteiger partial charge on any atom is 0.310 e. The number of tetrazole rings is 1. The molecule has 2 rings (SSSR count). The van der Waals surface area contributed by atoms with Gasteiger partial charge in [-0.3, -0.25) is 4.79 Å². The number of carbonyl (C=O) groups is 1. The lowest BCUT2D eigenvalue weighted by Crippen LogP contribution is -2.54. The molecular weight excluding hydrogens is 246 g/mol. The summed E-state index contributed by atoms with van der Waals surface area (Å²) >= 11 is 0. The summed E-state index contributed by atoms with van der Waals surface area (Å²) in [5.74, 6) is -0.0662. The summed E-state index contributed by atoms with van der Waals surface area (Å²) in [6.07, 6.45) is 2.23. The van der Waals surface area contributed by atoms with Gasteiger partial charge in [0, 0.05) is 5.54 Å². The molecule has 2 N–H and O–H groups in total. The lowest BCUT2D eigenvalue weighted by atomic mass is 9.74. The molecule has 1 heterocycles. The van der Waals surface area contributed by atoms with Crippen LogP contribution in [0, 0.1) is 5.41 Å². The molecule has 1 aromatic heterocycles. The van der Waals surface area contributed by atoms with E-state index in [-0.39, 0.29) is 0 Å². The van der Waals surface area contributed by atoms with Gasteiger partial charge in [0.1, 0.15) is 0 Å². The van der Waals surface area contributed by atoms with Crippen molar-refractivity contribution in [3.8, 4) is 0 Å². The smallest absolute Gasteiger partial charge is 0.310 e.